The van der Waals surface area contributed by atoms with Crippen LogP contribution in [0.15, 0.2) is 24.3 Å². The average Bonchev–Trinajstić information content (AvgIpc) is 2.31. The van der Waals surface area contributed by atoms with E-state index in [2.05, 4.69) is 26.0 Å². The minimum absolute atomic E-state index is 0.844. The quantitative estimate of drug-likeness (QED) is 0.584. The lowest BCUT2D eigenvalue weighted by Gasteiger charge is -2.00. The molecule has 0 fully saturated rings. The minimum atomic E-state index is 0.844. The molecule has 2 nitrogen and oxygen atoms in total. The summed E-state index contributed by atoms with van der Waals surface area (Å²) in [5, 5.41) is 0. The molecule has 1 aromatic rings. The van der Waals surface area contributed by atoms with Crippen molar-refractivity contribution in [1.29, 1.82) is 0 Å². The second-order valence-electron chi connectivity index (χ2n) is 4.34. The van der Waals surface area contributed by atoms with Gasteiger partial charge in [0.2, 0.25) is 0 Å². The van der Waals surface area contributed by atoms with Crippen LogP contribution in [-0.2, 0) is 6.42 Å². The molecule has 0 amide bonds. The van der Waals surface area contributed by atoms with Crippen molar-refractivity contribution in [3.8, 4) is 0 Å². The van der Waals surface area contributed by atoms with Gasteiger partial charge in [-0.05, 0) is 43.5 Å². The Labute approximate surface area is 106 Å². The lowest BCUT2D eigenvalue weighted by atomic mass is 10.1. The SMILES string of the molecule is CCCCCc1cccc(N)c1.CCCCN. The average molecular weight is 236 g/mol. The topological polar surface area (TPSA) is 52.0 Å². The molecule has 0 aliphatic carbocycles. The maximum atomic E-state index is 5.66. The first kappa shape index (κ1) is 16.0. The van der Waals surface area contributed by atoms with Gasteiger partial charge in [0.1, 0.15) is 0 Å². The molecule has 0 saturated carbocycles. The van der Waals surface area contributed by atoms with E-state index in [-0.39, 0.29) is 0 Å². The molecular formula is C15H28N2. The normalized spacial score (nSPS) is 9.59. The molecule has 0 radical (unpaired) electrons. The van der Waals surface area contributed by atoms with Crippen LogP contribution in [0.25, 0.3) is 0 Å². The molecule has 2 heteroatoms. The molecule has 1 rings (SSSR count). The van der Waals surface area contributed by atoms with Gasteiger partial charge in [0.15, 0.2) is 0 Å². The summed E-state index contributed by atoms with van der Waals surface area (Å²) in [6.07, 6.45) is 7.42. The molecule has 0 aromatic heterocycles. The van der Waals surface area contributed by atoms with Gasteiger partial charge in [-0.3, -0.25) is 0 Å². The highest BCUT2D eigenvalue weighted by Gasteiger charge is 1.92. The van der Waals surface area contributed by atoms with Gasteiger partial charge in [0, 0.05) is 5.69 Å². The van der Waals surface area contributed by atoms with Crippen LogP contribution >= 0.6 is 0 Å². The van der Waals surface area contributed by atoms with Gasteiger partial charge >= 0.3 is 0 Å². The van der Waals surface area contributed by atoms with Gasteiger partial charge in [-0.15, -0.1) is 0 Å². The maximum absolute atomic E-state index is 5.66. The highest BCUT2D eigenvalue weighted by Crippen LogP contribution is 2.10. The number of nitrogens with two attached hydrogens (primary N) is 2. The summed E-state index contributed by atoms with van der Waals surface area (Å²) in [6, 6.07) is 8.17. The van der Waals surface area contributed by atoms with Crippen LogP contribution in [0.4, 0.5) is 5.69 Å². The molecule has 0 aliphatic heterocycles. The smallest absolute Gasteiger partial charge is 0.0316 e. The predicted molar refractivity (Wildman–Crippen MR) is 78.0 cm³/mol. The first-order valence-corrected chi connectivity index (χ1v) is 6.79. The third-order valence-electron chi connectivity index (χ3n) is 2.58. The van der Waals surface area contributed by atoms with E-state index in [0.29, 0.717) is 0 Å². The first-order chi connectivity index (χ1) is 8.24. The lowest BCUT2D eigenvalue weighted by Crippen LogP contribution is -1.95. The van der Waals surface area contributed by atoms with Crippen molar-refractivity contribution < 1.29 is 0 Å². The number of rotatable bonds is 6. The van der Waals surface area contributed by atoms with Gasteiger partial charge in [0.25, 0.3) is 0 Å². The van der Waals surface area contributed by atoms with E-state index in [4.69, 9.17) is 11.5 Å². The Morgan fingerprint density at radius 1 is 1.00 bits per heavy atom. The summed E-state index contributed by atoms with van der Waals surface area (Å²) in [5.74, 6) is 0. The predicted octanol–water partition coefficient (Wildman–Crippen LogP) is 3.75. The van der Waals surface area contributed by atoms with Crippen molar-refractivity contribution in [2.75, 3.05) is 12.3 Å². The van der Waals surface area contributed by atoms with E-state index in [9.17, 15) is 0 Å². The summed E-state index contributed by atoms with van der Waals surface area (Å²) < 4.78 is 0. The van der Waals surface area contributed by atoms with E-state index < -0.39 is 0 Å². The molecule has 0 unspecified atom stereocenters. The zero-order chi connectivity index (χ0) is 12.9. The minimum Gasteiger partial charge on any atom is -0.399 e. The second-order valence-corrected chi connectivity index (χ2v) is 4.34. The molecule has 0 bridgehead atoms. The number of unbranched alkanes of at least 4 members (excludes halogenated alkanes) is 3. The molecule has 0 aliphatic rings. The Morgan fingerprint density at radius 2 is 1.71 bits per heavy atom. The molecule has 4 N–H and O–H groups in total. The van der Waals surface area contributed by atoms with E-state index >= 15 is 0 Å². The van der Waals surface area contributed by atoms with Crippen molar-refractivity contribution >= 4 is 5.69 Å². The maximum Gasteiger partial charge on any atom is 0.0316 e. The standard InChI is InChI=1S/C11H17N.C4H11N/c1-2-3-4-6-10-7-5-8-11(12)9-10;1-2-3-4-5/h5,7-9H,2-4,6,12H2,1H3;2-5H2,1H3. The van der Waals surface area contributed by atoms with E-state index in [1.807, 2.05) is 12.1 Å². The van der Waals surface area contributed by atoms with E-state index in [1.165, 1.54) is 44.1 Å². The molecule has 17 heavy (non-hydrogen) atoms. The number of nitrogen functional groups attached to an aromatic ring is 1. The summed E-state index contributed by atoms with van der Waals surface area (Å²) >= 11 is 0. The third kappa shape index (κ3) is 9.88. The van der Waals surface area contributed by atoms with Crippen molar-refractivity contribution in [3.05, 3.63) is 29.8 Å². The molecule has 0 saturated heterocycles. The largest absolute Gasteiger partial charge is 0.399 e. The van der Waals surface area contributed by atoms with Crippen LogP contribution in [0.1, 0.15) is 51.5 Å². The highest BCUT2D eigenvalue weighted by atomic mass is 14.5. The number of hydrogen-bond acceptors (Lipinski definition) is 2. The van der Waals surface area contributed by atoms with Crippen LogP contribution in [-0.4, -0.2) is 6.54 Å². The van der Waals surface area contributed by atoms with Gasteiger partial charge < -0.3 is 11.5 Å². The number of hydrogen-bond donors (Lipinski definition) is 2. The Kier molecular flexibility index (Phi) is 10.8. The molecule has 1 aromatic carbocycles. The van der Waals surface area contributed by atoms with Crippen LogP contribution in [0.2, 0.25) is 0 Å². The second kappa shape index (κ2) is 11.5. The molecule has 98 valence electrons. The monoisotopic (exact) mass is 236 g/mol. The highest BCUT2D eigenvalue weighted by molar-refractivity contribution is 5.40. The summed E-state index contributed by atoms with van der Waals surface area (Å²) in [6.45, 7) is 5.20. The van der Waals surface area contributed by atoms with Crippen LogP contribution in [0.5, 0.6) is 0 Å². The Bertz CT molecular complexity index is 269. The zero-order valence-electron chi connectivity index (χ0n) is 11.4. The molecule has 0 spiro atoms. The molecule has 0 heterocycles. The fourth-order valence-corrected chi connectivity index (χ4v) is 1.53. The number of anilines is 1. The van der Waals surface area contributed by atoms with Crippen LogP contribution in [0.3, 0.4) is 0 Å². The third-order valence-corrected chi connectivity index (χ3v) is 2.58. The van der Waals surface area contributed by atoms with Gasteiger partial charge in [-0.1, -0.05) is 45.2 Å². The van der Waals surface area contributed by atoms with Crippen LogP contribution < -0.4 is 11.5 Å². The van der Waals surface area contributed by atoms with Crippen LogP contribution in [0, 0.1) is 0 Å². The van der Waals surface area contributed by atoms with Gasteiger partial charge in [-0.25, -0.2) is 0 Å². The molecule has 0 atom stereocenters. The van der Waals surface area contributed by atoms with E-state index in [1.54, 1.807) is 0 Å². The lowest BCUT2D eigenvalue weighted by molar-refractivity contribution is 0.717. The van der Waals surface area contributed by atoms with Crippen molar-refractivity contribution in [3.63, 3.8) is 0 Å². The van der Waals surface area contributed by atoms with Crippen molar-refractivity contribution in [2.24, 2.45) is 5.73 Å². The fourth-order valence-electron chi connectivity index (χ4n) is 1.53. The van der Waals surface area contributed by atoms with Crippen molar-refractivity contribution in [2.45, 2.75) is 52.4 Å². The Balaban J connectivity index is 0.000000437. The number of aryl methyl sites for hydroxylation is 1. The number of benzene rings is 1. The Hall–Kier alpha value is -1.02. The first-order valence-electron chi connectivity index (χ1n) is 6.79. The fraction of sp³-hybridized carbons (Fsp3) is 0.600. The van der Waals surface area contributed by atoms with E-state index in [0.717, 1.165) is 12.2 Å². The Morgan fingerprint density at radius 3 is 2.18 bits per heavy atom. The summed E-state index contributed by atoms with van der Waals surface area (Å²) in [7, 11) is 0. The van der Waals surface area contributed by atoms with Crippen molar-refractivity contribution in [1.82, 2.24) is 0 Å². The summed E-state index contributed by atoms with van der Waals surface area (Å²) in [4.78, 5) is 0. The summed E-state index contributed by atoms with van der Waals surface area (Å²) in [5.41, 5.74) is 13.0. The zero-order valence-corrected chi connectivity index (χ0v) is 11.4. The van der Waals surface area contributed by atoms with Gasteiger partial charge in [-0.2, -0.15) is 0 Å². The van der Waals surface area contributed by atoms with Gasteiger partial charge in [0.05, 0.1) is 0 Å². The molecular weight excluding hydrogens is 208 g/mol.